The summed E-state index contributed by atoms with van der Waals surface area (Å²) in [5, 5.41) is 22.0. The van der Waals surface area contributed by atoms with Crippen molar-refractivity contribution in [1.29, 1.82) is 0 Å². The summed E-state index contributed by atoms with van der Waals surface area (Å²) in [6.07, 6.45) is 0. The average Bonchev–Trinajstić information content (AvgIpc) is 2.61. The standard InChI is InChI=1S/C16H16N2O7S/c1-25-15-7-6-13(26(23,24)9-8-19)10-14(15)17-16(20)11-2-4-12(5-3-11)18(21)22/h2-7,10,19H,8-9H2,1H3,(H,17,20). The molecular formula is C16H16N2O7S. The van der Waals surface area contributed by atoms with Crippen LogP contribution in [0.25, 0.3) is 0 Å². The third-order valence-electron chi connectivity index (χ3n) is 3.48. The molecule has 0 aliphatic heterocycles. The molecule has 0 bridgehead atoms. The summed E-state index contributed by atoms with van der Waals surface area (Å²) >= 11 is 0. The van der Waals surface area contributed by atoms with Crippen LogP contribution in [0.4, 0.5) is 11.4 Å². The predicted octanol–water partition coefficient (Wildman–Crippen LogP) is 1.62. The first kappa shape index (κ1) is 19.3. The SMILES string of the molecule is COc1ccc(S(=O)(=O)CCO)cc1NC(=O)c1ccc([N+](=O)[O-])cc1. The number of nitro groups is 1. The Morgan fingerprint density at radius 3 is 2.42 bits per heavy atom. The summed E-state index contributed by atoms with van der Waals surface area (Å²) < 4.78 is 29.2. The van der Waals surface area contributed by atoms with Gasteiger partial charge in [-0.05, 0) is 30.3 Å². The van der Waals surface area contributed by atoms with Crippen molar-refractivity contribution in [2.24, 2.45) is 0 Å². The van der Waals surface area contributed by atoms with Gasteiger partial charge in [-0.3, -0.25) is 14.9 Å². The fourth-order valence-electron chi connectivity index (χ4n) is 2.15. The van der Waals surface area contributed by atoms with Crippen LogP contribution in [0.3, 0.4) is 0 Å². The van der Waals surface area contributed by atoms with Gasteiger partial charge >= 0.3 is 0 Å². The van der Waals surface area contributed by atoms with Gasteiger partial charge in [0.2, 0.25) is 0 Å². The number of nitrogens with one attached hydrogen (secondary N) is 1. The summed E-state index contributed by atoms with van der Waals surface area (Å²) in [7, 11) is -2.35. The maximum absolute atomic E-state index is 12.3. The zero-order chi connectivity index (χ0) is 19.3. The molecule has 0 spiro atoms. The van der Waals surface area contributed by atoms with E-state index in [2.05, 4.69) is 5.32 Å². The summed E-state index contributed by atoms with van der Waals surface area (Å²) in [5.74, 6) is -0.798. The number of nitro benzene ring substituents is 1. The molecule has 0 aliphatic rings. The quantitative estimate of drug-likeness (QED) is 0.550. The Morgan fingerprint density at radius 2 is 1.88 bits per heavy atom. The number of sulfone groups is 1. The molecule has 0 saturated heterocycles. The van der Waals surface area contributed by atoms with Crippen molar-refractivity contribution in [1.82, 2.24) is 0 Å². The van der Waals surface area contributed by atoms with Crippen molar-refractivity contribution < 1.29 is 28.0 Å². The molecule has 2 N–H and O–H groups in total. The van der Waals surface area contributed by atoms with Gasteiger partial charge in [-0.15, -0.1) is 0 Å². The minimum absolute atomic E-state index is 0.0775. The van der Waals surface area contributed by atoms with Crippen molar-refractivity contribution in [3.63, 3.8) is 0 Å². The van der Waals surface area contributed by atoms with E-state index >= 15 is 0 Å². The molecule has 0 aliphatic carbocycles. The van der Waals surface area contributed by atoms with E-state index < -0.39 is 33.0 Å². The highest BCUT2D eigenvalue weighted by Crippen LogP contribution is 2.28. The van der Waals surface area contributed by atoms with Crippen molar-refractivity contribution in [2.75, 3.05) is 24.8 Å². The second-order valence-corrected chi connectivity index (χ2v) is 7.27. The van der Waals surface area contributed by atoms with Gasteiger partial charge < -0.3 is 15.2 Å². The maximum Gasteiger partial charge on any atom is 0.269 e. The molecule has 0 heterocycles. The number of benzene rings is 2. The molecule has 0 radical (unpaired) electrons. The van der Waals surface area contributed by atoms with E-state index in [4.69, 9.17) is 9.84 Å². The number of carbonyl (C=O) groups excluding carboxylic acids is 1. The highest BCUT2D eigenvalue weighted by Gasteiger charge is 2.18. The molecular weight excluding hydrogens is 364 g/mol. The van der Waals surface area contributed by atoms with Crippen LogP contribution in [-0.4, -0.2) is 43.8 Å². The third kappa shape index (κ3) is 4.35. The van der Waals surface area contributed by atoms with E-state index in [1.165, 1.54) is 49.6 Å². The van der Waals surface area contributed by atoms with Gasteiger partial charge in [-0.2, -0.15) is 0 Å². The number of non-ortho nitro benzene ring substituents is 1. The van der Waals surface area contributed by atoms with Crippen molar-refractivity contribution in [3.05, 3.63) is 58.1 Å². The van der Waals surface area contributed by atoms with Gasteiger partial charge in [-0.25, -0.2) is 8.42 Å². The summed E-state index contributed by atoms with van der Waals surface area (Å²) in [5.41, 5.74) is 0.118. The van der Waals surface area contributed by atoms with Crippen LogP contribution in [0.5, 0.6) is 5.75 Å². The number of hydrogen-bond donors (Lipinski definition) is 2. The first-order valence-electron chi connectivity index (χ1n) is 7.36. The zero-order valence-corrected chi connectivity index (χ0v) is 14.5. The number of aliphatic hydroxyl groups excluding tert-OH is 1. The number of anilines is 1. The first-order chi connectivity index (χ1) is 12.3. The number of nitrogens with zero attached hydrogens (tertiary/aromatic N) is 1. The van der Waals surface area contributed by atoms with Crippen LogP contribution in [-0.2, 0) is 9.84 Å². The molecule has 9 nitrogen and oxygen atoms in total. The van der Waals surface area contributed by atoms with Crippen molar-refractivity contribution >= 4 is 27.1 Å². The minimum atomic E-state index is -3.71. The number of methoxy groups -OCH3 is 1. The van der Waals surface area contributed by atoms with Crippen LogP contribution >= 0.6 is 0 Å². The number of amides is 1. The molecule has 26 heavy (non-hydrogen) atoms. The molecule has 0 fully saturated rings. The Morgan fingerprint density at radius 1 is 1.23 bits per heavy atom. The summed E-state index contributed by atoms with van der Waals surface area (Å²) in [4.78, 5) is 22.3. The Kier molecular flexibility index (Phi) is 5.90. The highest BCUT2D eigenvalue weighted by atomic mass is 32.2. The second-order valence-electron chi connectivity index (χ2n) is 5.16. The molecule has 2 rings (SSSR count). The molecule has 2 aromatic rings. The topological polar surface area (TPSA) is 136 Å². The Hall–Kier alpha value is -2.98. The second kappa shape index (κ2) is 7.93. The van der Waals surface area contributed by atoms with E-state index in [9.17, 15) is 23.3 Å². The molecule has 0 saturated carbocycles. The lowest BCUT2D eigenvalue weighted by molar-refractivity contribution is -0.384. The Labute approximate surface area is 149 Å². The van der Waals surface area contributed by atoms with E-state index in [0.717, 1.165) is 0 Å². The number of rotatable bonds is 7. The molecule has 10 heteroatoms. The van der Waals surface area contributed by atoms with Crippen molar-refractivity contribution in [3.8, 4) is 5.75 Å². The molecule has 0 atom stereocenters. The predicted molar refractivity (Wildman–Crippen MR) is 93.2 cm³/mol. The minimum Gasteiger partial charge on any atom is -0.495 e. The maximum atomic E-state index is 12.3. The van der Waals surface area contributed by atoms with E-state index in [1.54, 1.807) is 0 Å². The number of ether oxygens (including phenoxy) is 1. The highest BCUT2D eigenvalue weighted by molar-refractivity contribution is 7.91. The molecule has 0 aromatic heterocycles. The number of carbonyl (C=O) groups is 1. The largest absolute Gasteiger partial charge is 0.495 e. The third-order valence-corrected chi connectivity index (χ3v) is 5.17. The van der Waals surface area contributed by atoms with Crippen LogP contribution in [0.15, 0.2) is 47.4 Å². The fourth-order valence-corrected chi connectivity index (χ4v) is 3.19. The lowest BCUT2D eigenvalue weighted by atomic mass is 10.2. The first-order valence-corrected chi connectivity index (χ1v) is 9.01. The van der Waals surface area contributed by atoms with Crippen LogP contribution in [0, 0.1) is 10.1 Å². The Balaban J connectivity index is 2.32. The van der Waals surface area contributed by atoms with Crippen LogP contribution in [0.1, 0.15) is 10.4 Å². The molecule has 0 unspecified atom stereocenters. The monoisotopic (exact) mass is 380 g/mol. The normalized spacial score (nSPS) is 11.0. The van der Waals surface area contributed by atoms with Gasteiger partial charge in [0.15, 0.2) is 9.84 Å². The van der Waals surface area contributed by atoms with Gasteiger partial charge in [0.05, 0.1) is 35.0 Å². The van der Waals surface area contributed by atoms with E-state index in [0.29, 0.717) is 0 Å². The van der Waals surface area contributed by atoms with Crippen LogP contribution in [0.2, 0.25) is 0 Å². The molecule has 2 aromatic carbocycles. The number of aliphatic hydroxyl groups is 1. The van der Waals surface area contributed by atoms with Gasteiger partial charge in [0.1, 0.15) is 5.75 Å². The zero-order valence-electron chi connectivity index (χ0n) is 13.7. The summed E-state index contributed by atoms with van der Waals surface area (Å²) in [6.45, 7) is -0.529. The lowest BCUT2D eigenvalue weighted by Gasteiger charge is -2.12. The lowest BCUT2D eigenvalue weighted by Crippen LogP contribution is -2.14. The van der Waals surface area contributed by atoms with Gasteiger partial charge in [-0.1, -0.05) is 0 Å². The van der Waals surface area contributed by atoms with Gasteiger partial charge in [0, 0.05) is 17.7 Å². The van der Waals surface area contributed by atoms with Gasteiger partial charge in [0.25, 0.3) is 11.6 Å². The van der Waals surface area contributed by atoms with Crippen LogP contribution < -0.4 is 10.1 Å². The number of hydrogen-bond acceptors (Lipinski definition) is 7. The van der Waals surface area contributed by atoms with Crippen molar-refractivity contribution in [2.45, 2.75) is 4.90 Å². The molecule has 1 amide bonds. The Bertz CT molecular complexity index is 924. The summed E-state index contributed by atoms with van der Waals surface area (Å²) in [6, 6.07) is 8.87. The van der Waals surface area contributed by atoms with E-state index in [1.807, 2.05) is 0 Å². The van der Waals surface area contributed by atoms with E-state index in [-0.39, 0.29) is 27.6 Å². The average molecular weight is 380 g/mol. The molecule has 138 valence electrons. The smallest absolute Gasteiger partial charge is 0.269 e. The fraction of sp³-hybridized carbons (Fsp3) is 0.188.